The number of nitrogens with zero attached hydrogens (tertiary/aromatic N) is 6. The Morgan fingerprint density at radius 3 is 2.51 bits per heavy atom. The third-order valence-corrected chi connectivity index (χ3v) is 8.58. The molecule has 2 aromatic heterocycles. The van der Waals surface area contributed by atoms with E-state index in [4.69, 9.17) is 0 Å². The van der Waals surface area contributed by atoms with E-state index < -0.39 is 17.3 Å². The van der Waals surface area contributed by atoms with E-state index in [1.807, 2.05) is 35.8 Å². The Labute approximate surface area is 220 Å². The quantitative estimate of drug-likeness (QED) is 0.363. The van der Waals surface area contributed by atoms with Gasteiger partial charge in [0.15, 0.2) is 16.1 Å². The molecule has 4 rings (SSSR count). The minimum atomic E-state index is -1.02. The first-order valence-corrected chi connectivity index (χ1v) is 14.2. The van der Waals surface area contributed by atoms with Crippen molar-refractivity contribution in [1.82, 2.24) is 28.5 Å². The van der Waals surface area contributed by atoms with E-state index in [0.717, 1.165) is 60.6 Å². The fourth-order valence-corrected chi connectivity index (χ4v) is 6.15. The zero-order valence-electron chi connectivity index (χ0n) is 22.0. The molecule has 202 valence electrons. The SMILES string of the molecule is Cc1cccc([S+]([O-])CCCC(O)CN2CCN(CCCn3cnc4c3c(=O)n(C)c(=O)n4C)CC2)c1. The minimum absolute atomic E-state index is 0.316. The molecule has 10 nitrogen and oxygen atoms in total. The summed E-state index contributed by atoms with van der Waals surface area (Å²) in [7, 11) is 3.12. The summed E-state index contributed by atoms with van der Waals surface area (Å²) >= 11 is -1.02. The number of β-amino-alcohol motifs (C(OH)–C–C–N with tert-alkyl or cyclic N) is 1. The van der Waals surface area contributed by atoms with Gasteiger partial charge in [-0.05, 0) is 61.6 Å². The maximum atomic E-state index is 12.6. The number of aryl methyl sites for hydroxylation is 3. The highest BCUT2D eigenvalue weighted by Crippen LogP contribution is 2.15. The van der Waals surface area contributed by atoms with Crippen LogP contribution in [0, 0.1) is 6.92 Å². The first-order chi connectivity index (χ1) is 17.7. The Morgan fingerprint density at radius 1 is 1.05 bits per heavy atom. The Balaban J connectivity index is 1.16. The summed E-state index contributed by atoms with van der Waals surface area (Å²) in [6.45, 7) is 7.90. The second-order valence-corrected chi connectivity index (χ2v) is 11.5. The molecule has 3 aromatic rings. The number of piperazine rings is 1. The van der Waals surface area contributed by atoms with E-state index in [1.165, 1.54) is 11.6 Å². The second kappa shape index (κ2) is 12.4. The molecule has 3 heterocycles. The van der Waals surface area contributed by atoms with Crippen LogP contribution in [0.25, 0.3) is 11.2 Å². The maximum Gasteiger partial charge on any atom is 0.332 e. The predicted octanol–water partition coefficient (Wildman–Crippen LogP) is 0.699. The van der Waals surface area contributed by atoms with Crippen LogP contribution in [0.1, 0.15) is 24.8 Å². The number of aliphatic hydroxyl groups excluding tert-OH is 1. The van der Waals surface area contributed by atoms with Gasteiger partial charge in [-0.2, -0.15) is 0 Å². The van der Waals surface area contributed by atoms with Gasteiger partial charge in [-0.3, -0.25) is 18.8 Å². The average molecular weight is 531 g/mol. The van der Waals surface area contributed by atoms with Crippen LogP contribution in [-0.2, 0) is 31.8 Å². The van der Waals surface area contributed by atoms with Gasteiger partial charge in [0.05, 0.1) is 12.4 Å². The van der Waals surface area contributed by atoms with Gasteiger partial charge in [-0.25, -0.2) is 9.78 Å². The van der Waals surface area contributed by atoms with Crippen LogP contribution in [0.3, 0.4) is 0 Å². The molecule has 0 spiro atoms. The summed E-state index contributed by atoms with van der Waals surface area (Å²) in [6, 6.07) is 7.80. The summed E-state index contributed by atoms with van der Waals surface area (Å²) in [6.07, 6.45) is 3.50. The highest BCUT2D eigenvalue weighted by molar-refractivity contribution is 7.91. The van der Waals surface area contributed by atoms with Crippen LogP contribution in [-0.4, -0.2) is 89.3 Å². The van der Waals surface area contributed by atoms with E-state index >= 15 is 0 Å². The summed E-state index contributed by atoms with van der Waals surface area (Å²) in [5.74, 6) is 0.572. The lowest BCUT2D eigenvalue weighted by molar-refractivity contribution is 0.0678. The third kappa shape index (κ3) is 6.71. The van der Waals surface area contributed by atoms with Crippen molar-refractivity contribution in [1.29, 1.82) is 0 Å². The van der Waals surface area contributed by atoms with Crippen LogP contribution in [0.5, 0.6) is 0 Å². The standard InChI is InChI=1S/C26H38N6O4S/c1-20-7-4-9-22(17-20)37(36)16-5-8-21(33)18-31-14-12-30(13-15-31)10-6-11-32-19-27-24-23(32)25(34)29(3)26(35)28(24)2/h4,7,9,17,19,21,33H,5-6,8,10-16,18H2,1-3H3. The molecule has 2 unspecified atom stereocenters. The molecule has 1 aliphatic rings. The molecule has 0 radical (unpaired) electrons. The minimum Gasteiger partial charge on any atom is -0.611 e. The number of fused-ring (bicyclic) bond motifs is 1. The van der Waals surface area contributed by atoms with Crippen molar-refractivity contribution in [2.24, 2.45) is 14.1 Å². The number of aliphatic hydroxyl groups is 1. The molecular weight excluding hydrogens is 492 g/mol. The molecule has 11 heteroatoms. The number of imidazole rings is 1. The highest BCUT2D eigenvalue weighted by atomic mass is 32.2. The van der Waals surface area contributed by atoms with Crippen LogP contribution < -0.4 is 11.2 Å². The Hall–Kier alpha value is -2.44. The average Bonchev–Trinajstić information content (AvgIpc) is 3.31. The third-order valence-electron chi connectivity index (χ3n) is 7.14. The Bertz CT molecular complexity index is 1310. The van der Waals surface area contributed by atoms with Crippen molar-refractivity contribution in [3.05, 3.63) is 57.0 Å². The number of hydrogen-bond donors (Lipinski definition) is 1. The van der Waals surface area contributed by atoms with Crippen molar-refractivity contribution in [3.8, 4) is 0 Å². The summed E-state index contributed by atoms with van der Waals surface area (Å²) in [5, 5.41) is 10.5. The maximum absolute atomic E-state index is 12.6. The van der Waals surface area contributed by atoms with Gasteiger partial charge >= 0.3 is 5.69 Å². The molecule has 1 N–H and O–H groups in total. The summed E-state index contributed by atoms with van der Waals surface area (Å²) in [5.41, 5.74) is 1.30. The first-order valence-electron chi connectivity index (χ1n) is 12.9. The lowest BCUT2D eigenvalue weighted by atomic mass is 10.2. The number of aromatic nitrogens is 4. The van der Waals surface area contributed by atoms with E-state index in [-0.39, 0.29) is 11.2 Å². The molecule has 1 fully saturated rings. The van der Waals surface area contributed by atoms with Crippen LogP contribution in [0.2, 0.25) is 0 Å². The number of rotatable bonds is 11. The molecule has 0 amide bonds. The second-order valence-electron chi connectivity index (χ2n) is 9.97. The number of benzene rings is 1. The first kappa shape index (κ1) is 27.6. The Kier molecular flexibility index (Phi) is 9.25. The van der Waals surface area contributed by atoms with E-state index in [2.05, 4.69) is 14.8 Å². The largest absolute Gasteiger partial charge is 0.611 e. The molecule has 0 bridgehead atoms. The van der Waals surface area contributed by atoms with Gasteiger partial charge < -0.3 is 19.1 Å². The fourth-order valence-electron chi connectivity index (χ4n) is 4.94. The van der Waals surface area contributed by atoms with Crippen LogP contribution in [0.4, 0.5) is 0 Å². The van der Waals surface area contributed by atoms with Crippen LogP contribution in [0.15, 0.2) is 45.1 Å². The molecule has 1 saturated heterocycles. The predicted molar refractivity (Wildman–Crippen MR) is 145 cm³/mol. The van der Waals surface area contributed by atoms with Gasteiger partial charge in [0, 0.05) is 53.4 Å². The molecule has 0 saturated carbocycles. The van der Waals surface area contributed by atoms with E-state index in [9.17, 15) is 19.2 Å². The molecule has 0 aliphatic carbocycles. The van der Waals surface area contributed by atoms with E-state index in [0.29, 0.717) is 36.4 Å². The van der Waals surface area contributed by atoms with Crippen molar-refractivity contribution in [2.45, 2.75) is 43.7 Å². The normalized spacial score (nSPS) is 16.9. The van der Waals surface area contributed by atoms with Gasteiger partial charge in [-0.1, -0.05) is 12.1 Å². The summed E-state index contributed by atoms with van der Waals surface area (Å²) in [4.78, 5) is 34.5. The van der Waals surface area contributed by atoms with Gasteiger partial charge in [0.25, 0.3) is 5.56 Å². The fraction of sp³-hybridized carbons (Fsp3) is 0.577. The molecule has 2 atom stereocenters. The lowest BCUT2D eigenvalue weighted by Gasteiger charge is -2.35. The van der Waals surface area contributed by atoms with Crippen LogP contribution >= 0.6 is 0 Å². The molecule has 37 heavy (non-hydrogen) atoms. The highest BCUT2D eigenvalue weighted by Gasteiger charge is 2.20. The topological polar surface area (TPSA) is 112 Å². The molecular formula is C26H38N6O4S. The van der Waals surface area contributed by atoms with Gasteiger partial charge in [0.1, 0.15) is 5.75 Å². The molecule has 1 aromatic carbocycles. The lowest BCUT2D eigenvalue weighted by Crippen LogP contribution is -2.48. The Morgan fingerprint density at radius 2 is 1.78 bits per heavy atom. The smallest absolute Gasteiger partial charge is 0.332 e. The van der Waals surface area contributed by atoms with Crippen molar-refractivity contribution < 1.29 is 9.66 Å². The zero-order valence-corrected chi connectivity index (χ0v) is 22.8. The van der Waals surface area contributed by atoms with Crippen molar-refractivity contribution in [2.75, 3.05) is 45.0 Å². The van der Waals surface area contributed by atoms with Gasteiger partial charge in [-0.15, -0.1) is 0 Å². The van der Waals surface area contributed by atoms with Crippen molar-refractivity contribution in [3.63, 3.8) is 0 Å². The molecule has 1 aliphatic heterocycles. The van der Waals surface area contributed by atoms with Gasteiger partial charge in [0.2, 0.25) is 0 Å². The van der Waals surface area contributed by atoms with E-state index in [1.54, 1.807) is 13.4 Å². The zero-order chi connectivity index (χ0) is 26.5. The summed E-state index contributed by atoms with van der Waals surface area (Å²) < 4.78 is 16.8. The number of hydrogen-bond acceptors (Lipinski definition) is 7. The monoisotopic (exact) mass is 530 g/mol. The van der Waals surface area contributed by atoms with Crippen molar-refractivity contribution >= 4 is 22.3 Å².